The summed E-state index contributed by atoms with van der Waals surface area (Å²) in [7, 11) is 4.18. The lowest BCUT2D eigenvalue weighted by molar-refractivity contribution is -0.122. The van der Waals surface area contributed by atoms with Crippen LogP contribution in [0.2, 0.25) is 0 Å². The van der Waals surface area contributed by atoms with Gasteiger partial charge in [-0.2, -0.15) is 9.97 Å². The summed E-state index contributed by atoms with van der Waals surface area (Å²) < 4.78 is 1.83. The van der Waals surface area contributed by atoms with E-state index < -0.39 is 24.3 Å². The first kappa shape index (κ1) is 27.4. The molecule has 216 valence electrons. The van der Waals surface area contributed by atoms with Crippen LogP contribution in [0.3, 0.4) is 0 Å². The minimum absolute atomic E-state index is 0.161. The van der Waals surface area contributed by atoms with Crippen molar-refractivity contribution in [3.8, 4) is 0 Å². The van der Waals surface area contributed by atoms with Gasteiger partial charge in [0.15, 0.2) is 17.0 Å². The largest absolute Gasteiger partial charge is 0.388 e. The summed E-state index contributed by atoms with van der Waals surface area (Å²) >= 11 is 0. The molecule has 2 aromatic heterocycles. The second kappa shape index (κ2) is 11.2. The summed E-state index contributed by atoms with van der Waals surface area (Å²) in [6.07, 6.45) is 1.18. The minimum atomic E-state index is -1.09. The third-order valence-corrected chi connectivity index (χ3v) is 8.59. The second-order valence-electron chi connectivity index (χ2n) is 11.4. The van der Waals surface area contributed by atoms with E-state index in [2.05, 4.69) is 69.8 Å². The number of nitrogens with zero attached hydrogens (tertiary/aromatic N) is 6. The molecule has 3 heterocycles. The zero-order chi connectivity index (χ0) is 28.7. The van der Waals surface area contributed by atoms with Crippen LogP contribution < -0.4 is 15.5 Å². The van der Waals surface area contributed by atoms with E-state index >= 15 is 0 Å². The number of likely N-dealkylation sites (N-methyl/N-ethyl adjacent to an activating group) is 1. The Morgan fingerprint density at radius 3 is 2.68 bits per heavy atom. The summed E-state index contributed by atoms with van der Waals surface area (Å²) in [5, 5.41) is 30.5. The fourth-order valence-corrected chi connectivity index (χ4v) is 6.12. The highest BCUT2D eigenvalue weighted by molar-refractivity contribution is 5.87. The van der Waals surface area contributed by atoms with Crippen molar-refractivity contribution in [1.29, 1.82) is 0 Å². The summed E-state index contributed by atoms with van der Waals surface area (Å²) in [6.45, 7) is 3.96. The van der Waals surface area contributed by atoms with Gasteiger partial charge in [-0.05, 0) is 43.3 Å². The predicted molar refractivity (Wildman–Crippen MR) is 159 cm³/mol. The van der Waals surface area contributed by atoms with Gasteiger partial charge in [-0.25, -0.2) is 4.98 Å². The molecule has 1 saturated heterocycles. The molecule has 41 heavy (non-hydrogen) atoms. The van der Waals surface area contributed by atoms with Gasteiger partial charge in [0.1, 0.15) is 12.2 Å². The van der Waals surface area contributed by atoms with Gasteiger partial charge >= 0.3 is 0 Å². The van der Waals surface area contributed by atoms with Gasteiger partial charge in [0.25, 0.3) is 0 Å². The zero-order valence-electron chi connectivity index (χ0n) is 23.7. The number of hydrogen-bond acceptors (Lipinski definition) is 9. The van der Waals surface area contributed by atoms with E-state index in [4.69, 9.17) is 9.97 Å². The average molecular weight is 559 g/mol. The summed E-state index contributed by atoms with van der Waals surface area (Å²) in [5.41, 5.74) is 2.33. The molecule has 2 aromatic carbocycles. The maximum atomic E-state index is 12.0. The van der Waals surface area contributed by atoms with E-state index in [0.717, 1.165) is 25.1 Å². The quantitative estimate of drug-likeness (QED) is 0.257. The van der Waals surface area contributed by atoms with E-state index in [9.17, 15) is 15.0 Å². The molecule has 0 spiro atoms. The van der Waals surface area contributed by atoms with E-state index in [1.165, 1.54) is 10.8 Å². The number of aromatic nitrogens is 4. The molecule has 2 aliphatic rings. The van der Waals surface area contributed by atoms with Gasteiger partial charge in [-0.15, -0.1) is 0 Å². The monoisotopic (exact) mass is 558 g/mol. The van der Waals surface area contributed by atoms with Crippen LogP contribution in [-0.2, 0) is 11.3 Å². The van der Waals surface area contributed by atoms with Crippen molar-refractivity contribution in [2.45, 2.75) is 63.1 Å². The molecule has 2 fully saturated rings. The Kier molecular flexibility index (Phi) is 7.50. The fourth-order valence-electron chi connectivity index (χ4n) is 6.12. The Balaban J connectivity index is 1.36. The van der Waals surface area contributed by atoms with E-state index in [1.807, 2.05) is 16.7 Å². The Morgan fingerprint density at radius 2 is 1.90 bits per heavy atom. The van der Waals surface area contributed by atoms with Gasteiger partial charge in [0, 0.05) is 32.1 Å². The van der Waals surface area contributed by atoms with Crippen molar-refractivity contribution in [2.75, 3.05) is 37.4 Å². The number of rotatable bonds is 8. The van der Waals surface area contributed by atoms with E-state index in [0.29, 0.717) is 48.4 Å². The molecule has 11 nitrogen and oxygen atoms in total. The molecule has 5 atom stereocenters. The first-order valence-electron chi connectivity index (χ1n) is 14.4. The van der Waals surface area contributed by atoms with Crippen LogP contribution in [0.1, 0.15) is 37.8 Å². The van der Waals surface area contributed by atoms with Crippen LogP contribution in [0.25, 0.3) is 21.9 Å². The first-order chi connectivity index (χ1) is 19.8. The molecule has 1 amide bonds. The van der Waals surface area contributed by atoms with Crippen LogP contribution >= 0.6 is 0 Å². The number of carbonyl (C=O) groups excluding carboxylic acids is 1. The van der Waals surface area contributed by atoms with Gasteiger partial charge < -0.3 is 35.2 Å². The minimum Gasteiger partial charge on any atom is -0.388 e. The van der Waals surface area contributed by atoms with Crippen molar-refractivity contribution >= 4 is 39.6 Å². The van der Waals surface area contributed by atoms with Crippen LogP contribution in [0, 0.1) is 0 Å². The Morgan fingerprint density at radius 1 is 1.10 bits per heavy atom. The number of aliphatic hydroxyl groups excluding tert-OH is 2. The van der Waals surface area contributed by atoms with Crippen molar-refractivity contribution in [3.63, 3.8) is 0 Å². The maximum Gasteiger partial charge on any atom is 0.229 e. The molecule has 4 N–H and O–H groups in total. The van der Waals surface area contributed by atoms with Gasteiger partial charge in [-0.1, -0.05) is 49.4 Å². The maximum absolute atomic E-state index is 12.0. The number of carbonyl (C=O) groups is 1. The molecule has 1 saturated carbocycles. The number of fused-ring (bicyclic) bond motifs is 2. The Hall–Kier alpha value is -3.80. The standard InChI is InChI=1S/C30H38N8O3/c1-4-24(39)33-22-14-23(27(41)26(22)40)38-17-32-25-28(31-15-19-10-7-9-18-8-5-6-11-21(18)19)34-30(35-29(25)38)37-13-12-20(16-37)36(2)3/h5-11,17,20,22-23,26-27,40-41H,4,12-16H2,1-3H3,(H,33,39)(H,31,34,35)/t20-,22+,23-,26-,27+/m1/s1. The van der Waals surface area contributed by atoms with Gasteiger partial charge in [0.05, 0.1) is 18.4 Å². The van der Waals surface area contributed by atoms with Gasteiger partial charge in [-0.3, -0.25) is 4.79 Å². The predicted octanol–water partition coefficient (Wildman–Crippen LogP) is 2.29. The fraction of sp³-hybridized carbons (Fsp3) is 0.467. The highest BCUT2D eigenvalue weighted by atomic mass is 16.3. The van der Waals surface area contributed by atoms with E-state index in [-0.39, 0.29) is 5.91 Å². The Labute approximate surface area is 239 Å². The first-order valence-corrected chi connectivity index (χ1v) is 14.4. The number of anilines is 2. The third-order valence-electron chi connectivity index (χ3n) is 8.59. The molecule has 6 rings (SSSR count). The molecule has 0 unspecified atom stereocenters. The van der Waals surface area contributed by atoms with Crippen LogP contribution in [0.4, 0.5) is 11.8 Å². The summed E-state index contributed by atoms with van der Waals surface area (Å²) in [6, 6.07) is 13.9. The van der Waals surface area contributed by atoms with Crippen molar-refractivity contribution < 1.29 is 15.0 Å². The number of nitrogens with one attached hydrogen (secondary N) is 2. The normalized spacial score (nSPS) is 24.5. The van der Waals surface area contributed by atoms with Crippen LogP contribution in [0.5, 0.6) is 0 Å². The van der Waals surface area contributed by atoms with Gasteiger partial charge in [0.2, 0.25) is 11.9 Å². The zero-order valence-corrected chi connectivity index (χ0v) is 23.7. The smallest absolute Gasteiger partial charge is 0.229 e. The molecule has 1 aliphatic carbocycles. The molecular weight excluding hydrogens is 520 g/mol. The lowest BCUT2D eigenvalue weighted by atomic mass is 10.0. The summed E-state index contributed by atoms with van der Waals surface area (Å²) in [5.74, 6) is 1.06. The molecule has 0 radical (unpaired) electrons. The number of hydrogen-bond donors (Lipinski definition) is 4. The topological polar surface area (TPSA) is 132 Å². The van der Waals surface area contributed by atoms with Crippen molar-refractivity contribution in [3.05, 3.63) is 54.4 Å². The number of amides is 1. The van der Waals surface area contributed by atoms with Crippen molar-refractivity contribution in [1.82, 2.24) is 29.7 Å². The Bertz CT molecular complexity index is 1550. The number of benzene rings is 2. The molecule has 0 bridgehead atoms. The summed E-state index contributed by atoms with van der Waals surface area (Å²) in [4.78, 5) is 31.1. The van der Waals surface area contributed by atoms with Crippen LogP contribution in [-0.4, -0.2) is 92.0 Å². The average Bonchev–Trinajstić information content (AvgIpc) is 3.71. The van der Waals surface area contributed by atoms with E-state index in [1.54, 1.807) is 13.3 Å². The molecule has 4 aromatic rings. The molecular formula is C30H38N8O3. The third kappa shape index (κ3) is 5.20. The SMILES string of the molecule is CCC(=O)N[C@H]1C[C@@H](n2cnc3c(NCc4cccc5ccccc45)nc(N4CC[C@@H](N(C)C)C4)nc32)[C@H](O)[C@@H]1O. The lowest BCUT2D eigenvalue weighted by Gasteiger charge is -2.22. The van der Waals surface area contributed by atoms with Crippen LogP contribution in [0.15, 0.2) is 48.8 Å². The lowest BCUT2D eigenvalue weighted by Crippen LogP contribution is -2.42. The highest BCUT2D eigenvalue weighted by Gasteiger charge is 2.44. The number of aliphatic hydroxyl groups is 2. The number of imidazole rings is 1. The second-order valence-corrected chi connectivity index (χ2v) is 11.4. The molecule has 1 aliphatic heterocycles. The molecule has 11 heteroatoms. The highest BCUT2D eigenvalue weighted by Crippen LogP contribution is 2.35. The van der Waals surface area contributed by atoms with Crippen molar-refractivity contribution in [2.24, 2.45) is 0 Å².